The van der Waals surface area contributed by atoms with Crippen molar-refractivity contribution < 1.29 is 9.53 Å². The minimum Gasteiger partial charge on any atom is -0.496 e. The molecular weight excluding hydrogens is 238 g/mol. The van der Waals surface area contributed by atoms with Gasteiger partial charge < -0.3 is 14.8 Å². The maximum atomic E-state index is 10.8. The number of ether oxygens (including phenoxy) is 1. The van der Waals surface area contributed by atoms with Gasteiger partial charge in [0, 0.05) is 6.42 Å². The molecular formula is C16H25NO2. The highest BCUT2D eigenvalue weighted by molar-refractivity contribution is 5.75. The lowest BCUT2D eigenvalue weighted by molar-refractivity contribution is -0.117. The molecule has 0 radical (unpaired) electrons. The number of Topliss-reactive ketones (excluding diaryl/α,β-unsaturated/α-hetero) is 1. The standard InChI is InChI=1S/C16H25NO2/c1-4-14-7-8-16(19-3)15(12-14)9-11-17-10-5-6-13(2)18/h7-8,12,17H,4-6,9-11H2,1-3H3. The summed E-state index contributed by atoms with van der Waals surface area (Å²) in [5.41, 5.74) is 2.59. The maximum Gasteiger partial charge on any atom is 0.129 e. The monoisotopic (exact) mass is 263 g/mol. The highest BCUT2D eigenvalue weighted by atomic mass is 16.5. The van der Waals surface area contributed by atoms with E-state index in [1.54, 1.807) is 14.0 Å². The van der Waals surface area contributed by atoms with Crippen LogP contribution in [-0.4, -0.2) is 26.0 Å². The Balaban J connectivity index is 2.37. The lowest BCUT2D eigenvalue weighted by Crippen LogP contribution is -2.19. The summed E-state index contributed by atoms with van der Waals surface area (Å²) < 4.78 is 5.38. The summed E-state index contributed by atoms with van der Waals surface area (Å²) in [7, 11) is 1.71. The second kappa shape index (κ2) is 8.70. The molecule has 0 heterocycles. The largest absolute Gasteiger partial charge is 0.496 e. The summed E-state index contributed by atoms with van der Waals surface area (Å²) in [5.74, 6) is 1.22. The Morgan fingerprint density at radius 2 is 2.11 bits per heavy atom. The van der Waals surface area contributed by atoms with Gasteiger partial charge in [-0.2, -0.15) is 0 Å². The van der Waals surface area contributed by atoms with E-state index in [4.69, 9.17) is 4.74 Å². The Hall–Kier alpha value is -1.35. The minimum absolute atomic E-state index is 0.263. The Kier molecular flexibility index (Phi) is 7.19. The molecule has 0 unspecified atom stereocenters. The van der Waals surface area contributed by atoms with Crippen LogP contribution in [0.2, 0.25) is 0 Å². The van der Waals surface area contributed by atoms with E-state index in [1.165, 1.54) is 11.1 Å². The van der Waals surface area contributed by atoms with Crippen LogP contribution in [0.5, 0.6) is 5.75 Å². The summed E-state index contributed by atoms with van der Waals surface area (Å²) in [5, 5.41) is 3.37. The Bertz CT molecular complexity index is 402. The van der Waals surface area contributed by atoms with Crippen molar-refractivity contribution in [2.45, 2.75) is 39.5 Å². The number of aryl methyl sites for hydroxylation is 1. The fourth-order valence-corrected chi connectivity index (χ4v) is 2.06. The van der Waals surface area contributed by atoms with Crippen LogP contribution in [0.3, 0.4) is 0 Å². The van der Waals surface area contributed by atoms with Crippen molar-refractivity contribution >= 4 is 5.78 Å². The van der Waals surface area contributed by atoms with Gasteiger partial charge in [-0.1, -0.05) is 19.1 Å². The smallest absolute Gasteiger partial charge is 0.129 e. The number of hydrogen-bond acceptors (Lipinski definition) is 3. The highest BCUT2D eigenvalue weighted by Gasteiger charge is 2.03. The predicted octanol–water partition coefficient (Wildman–Crippen LogP) is 2.76. The van der Waals surface area contributed by atoms with Crippen LogP contribution in [0.25, 0.3) is 0 Å². The first-order valence-electron chi connectivity index (χ1n) is 7.03. The Morgan fingerprint density at radius 1 is 1.32 bits per heavy atom. The molecule has 0 aliphatic rings. The molecule has 1 aromatic carbocycles. The van der Waals surface area contributed by atoms with Crippen LogP contribution in [0.1, 0.15) is 37.8 Å². The van der Waals surface area contributed by atoms with Gasteiger partial charge in [0.1, 0.15) is 11.5 Å². The average molecular weight is 263 g/mol. The minimum atomic E-state index is 0.263. The Labute approximate surface area is 116 Å². The summed E-state index contributed by atoms with van der Waals surface area (Å²) in [6, 6.07) is 6.38. The van der Waals surface area contributed by atoms with E-state index in [1.807, 2.05) is 6.07 Å². The first-order chi connectivity index (χ1) is 9.17. The quantitative estimate of drug-likeness (QED) is 0.696. The second-order valence-corrected chi connectivity index (χ2v) is 4.81. The third kappa shape index (κ3) is 5.88. The number of ketones is 1. The first kappa shape index (κ1) is 15.7. The van der Waals surface area contributed by atoms with Crippen molar-refractivity contribution in [3.05, 3.63) is 29.3 Å². The molecule has 0 amide bonds. The first-order valence-corrected chi connectivity index (χ1v) is 7.03. The normalized spacial score (nSPS) is 10.5. The predicted molar refractivity (Wildman–Crippen MR) is 78.9 cm³/mol. The molecule has 0 aliphatic carbocycles. The molecule has 0 saturated carbocycles. The van der Waals surface area contributed by atoms with Gasteiger partial charge in [0.2, 0.25) is 0 Å². The maximum absolute atomic E-state index is 10.8. The number of nitrogens with one attached hydrogen (secondary N) is 1. The molecule has 3 heteroatoms. The molecule has 0 spiro atoms. The zero-order valence-electron chi connectivity index (χ0n) is 12.3. The van der Waals surface area contributed by atoms with Crippen LogP contribution in [0.4, 0.5) is 0 Å². The SMILES string of the molecule is CCc1ccc(OC)c(CCNCCCC(C)=O)c1. The number of carbonyl (C=O) groups excluding carboxylic acids is 1. The van der Waals surface area contributed by atoms with E-state index in [0.29, 0.717) is 6.42 Å². The molecule has 0 bridgehead atoms. The molecule has 106 valence electrons. The molecule has 0 aromatic heterocycles. The van der Waals surface area contributed by atoms with Crippen LogP contribution in [0.15, 0.2) is 18.2 Å². The van der Waals surface area contributed by atoms with Crippen molar-refractivity contribution in [1.82, 2.24) is 5.32 Å². The van der Waals surface area contributed by atoms with Crippen molar-refractivity contribution in [2.75, 3.05) is 20.2 Å². The highest BCUT2D eigenvalue weighted by Crippen LogP contribution is 2.20. The lowest BCUT2D eigenvalue weighted by Gasteiger charge is -2.11. The van der Waals surface area contributed by atoms with Gasteiger partial charge in [0.15, 0.2) is 0 Å². The number of carbonyl (C=O) groups is 1. The summed E-state index contributed by atoms with van der Waals surface area (Å²) in [6.45, 7) is 5.61. The molecule has 0 fully saturated rings. The van der Waals surface area contributed by atoms with E-state index in [-0.39, 0.29) is 5.78 Å². The van der Waals surface area contributed by atoms with Crippen molar-refractivity contribution in [3.8, 4) is 5.75 Å². The van der Waals surface area contributed by atoms with E-state index < -0.39 is 0 Å². The molecule has 1 N–H and O–H groups in total. The third-order valence-corrected chi connectivity index (χ3v) is 3.21. The summed E-state index contributed by atoms with van der Waals surface area (Å²) in [6.07, 6.45) is 3.59. The zero-order chi connectivity index (χ0) is 14.1. The van der Waals surface area contributed by atoms with E-state index in [2.05, 4.69) is 24.4 Å². The molecule has 1 aromatic rings. The molecule has 19 heavy (non-hydrogen) atoms. The Morgan fingerprint density at radius 3 is 2.74 bits per heavy atom. The van der Waals surface area contributed by atoms with Crippen LogP contribution in [0, 0.1) is 0 Å². The van der Waals surface area contributed by atoms with Crippen molar-refractivity contribution in [3.63, 3.8) is 0 Å². The second-order valence-electron chi connectivity index (χ2n) is 4.81. The molecule has 3 nitrogen and oxygen atoms in total. The van der Waals surface area contributed by atoms with E-state index in [0.717, 1.165) is 38.1 Å². The van der Waals surface area contributed by atoms with Crippen LogP contribution >= 0.6 is 0 Å². The summed E-state index contributed by atoms with van der Waals surface area (Å²) in [4.78, 5) is 10.8. The van der Waals surface area contributed by atoms with Gasteiger partial charge in [-0.05, 0) is 56.5 Å². The van der Waals surface area contributed by atoms with Gasteiger partial charge in [-0.25, -0.2) is 0 Å². The van der Waals surface area contributed by atoms with E-state index in [9.17, 15) is 4.79 Å². The van der Waals surface area contributed by atoms with Gasteiger partial charge in [-0.3, -0.25) is 0 Å². The molecule has 1 rings (SSSR count). The molecule has 0 atom stereocenters. The zero-order valence-corrected chi connectivity index (χ0v) is 12.3. The fourth-order valence-electron chi connectivity index (χ4n) is 2.06. The van der Waals surface area contributed by atoms with Gasteiger partial charge in [0.25, 0.3) is 0 Å². The van der Waals surface area contributed by atoms with Crippen LogP contribution in [-0.2, 0) is 17.6 Å². The number of benzene rings is 1. The fraction of sp³-hybridized carbons (Fsp3) is 0.562. The number of rotatable bonds is 9. The van der Waals surface area contributed by atoms with Gasteiger partial charge >= 0.3 is 0 Å². The van der Waals surface area contributed by atoms with Gasteiger partial charge in [0.05, 0.1) is 7.11 Å². The lowest BCUT2D eigenvalue weighted by atomic mass is 10.1. The topological polar surface area (TPSA) is 38.3 Å². The molecule has 0 saturated heterocycles. The van der Waals surface area contributed by atoms with E-state index >= 15 is 0 Å². The average Bonchev–Trinajstić information content (AvgIpc) is 2.42. The summed E-state index contributed by atoms with van der Waals surface area (Å²) >= 11 is 0. The number of methoxy groups -OCH3 is 1. The van der Waals surface area contributed by atoms with Gasteiger partial charge in [-0.15, -0.1) is 0 Å². The molecule has 0 aliphatic heterocycles. The third-order valence-electron chi connectivity index (χ3n) is 3.21. The van der Waals surface area contributed by atoms with Crippen molar-refractivity contribution in [1.29, 1.82) is 0 Å². The van der Waals surface area contributed by atoms with Crippen molar-refractivity contribution in [2.24, 2.45) is 0 Å². The number of hydrogen-bond donors (Lipinski definition) is 1. The van der Waals surface area contributed by atoms with Crippen LogP contribution < -0.4 is 10.1 Å².